The van der Waals surface area contributed by atoms with E-state index in [0.29, 0.717) is 24.3 Å². The Balaban J connectivity index is 3.01. The standard InChI is InChI=1S/C14H18O4S/c1-4-17-13(15)8-10-6-7-11(19-3)9-12(10)14(16)18-5-2/h6-7,9H,4-5,8H2,1-3H3. The average Bonchev–Trinajstić information content (AvgIpc) is 2.39. The van der Waals surface area contributed by atoms with Gasteiger partial charge in [0, 0.05) is 4.90 Å². The Kier molecular flexibility index (Phi) is 6.42. The molecule has 0 aromatic heterocycles. The monoisotopic (exact) mass is 282 g/mol. The van der Waals surface area contributed by atoms with Crippen LogP contribution in [-0.2, 0) is 20.7 Å². The van der Waals surface area contributed by atoms with Crippen LogP contribution in [0.3, 0.4) is 0 Å². The summed E-state index contributed by atoms with van der Waals surface area (Å²) in [5.41, 5.74) is 1.07. The first-order chi connectivity index (χ1) is 9.12. The van der Waals surface area contributed by atoms with Crippen molar-refractivity contribution in [2.75, 3.05) is 19.5 Å². The summed E-state index contributed by atoms with van der Waals surface area (Å²) in [5.74, 6) is -0.748. The molecule has 0 heterocycles. The van der Waals surface area contributed by atoms with Gasteiger partial charge in [0.05, 0.1) is 25.2 Å². The molecule has 0 N–H and O–H groups in total. The van der Waals surface area contributed by atoms with Crippen LogP contribution in [0.5, 0.6) is 0 Å². The van der Waals surface area contributed by atoms with Crippen LogP contribution in [0.25, 0.3) is 0 Å². The van der Waals surface area contributed by atoms with Crippen LogP contribution in [0.15, 0.2) is 23.1 Å². The highest BCUT2D eigenvalue weighted by atomic mass is 32.2. The summed E-state index contributed by atoms with van der Waals surface area (Å²) in [6.45, 7) is 4.14. The molecule has 0 saturated heterocycles. The van der Waals surface area contributed by atoms with Gasteiger partial charge in [-0.25, -0.2) is 4.79 Å². The van der Waals surface area contributed by atoms with Gasteiger partial charge in [-0.1, -0.05) is 6.07 Å². The minimum absolute atomic E-state index is 0.0800. The summed E-state index contributed by atoms with van der Waals surface area (Å²) in [4.78, 5) is 24.4. The molecular weight excluding hydrogens is 264 g/mol. The molecule has 5 heteroatoms. The van der Waals surface area contributed by atoms with E-state index >= 15 is 0 Å². The molecule has 0 atom stereocenters. The number of hydrogen-bond acceptors (Lipinski definition) is 5. The normalized spacial score (nSPS) is 10.1. The van der Waals surface area contributed by atoms with Crippen molar-refractivity contribution in [2.24, 2.45) is 0 Å². The summed E-state index contributed by atoms with van der Waals surface area (Å²) < 4.78 is 9.91. The van der Waals surface area contributed by atoms with Crippen LogP contribution in [0.4, 0.5) is 0 Å². The quantitative estimate of drug-likeness (QED) is 0.593. The van der Waals surface area contributed by atoms with E-state index in [1.807, 2.05) is 12.3 Å². The molecule has 1 rings (SSSR count). The Morgan fingerprint density at radius 2 is 1.84 bits per heavy atom. The molecule has 0 aliphatic carbocycles. The van der Waals surface area contributed by atoms with Crippen LogP contribution in [0, 0.1) is 0 Å². The smallest absolute Gasteiger partial charge is 0.338 e. The van der Waals surface area contributed by atoms with Gasteiger partial charge >= 0.3 is 11.9 Å². The van der Waals surface area contributed by atoms with Crippen LogP contribution in [0.2, 0.25) is 0 Å². The van der Waals surface area contributed by atoms with Crippen molar-refractivity contribution in [2.45, 2.75) is 25.2 Å². The molecule has 0 amide bonds. The Morgan fingerprint density at radius 1 is 1.16 bits per heavy atom. The second-order valence-electron chi connectivity index (χ2n) is 3.73. The number of carbonyl (C=O) groups is 2. The molecule has 0 saturated carbocycles. The number of ether oxygens (including phenoxy) is 2. The molecule has 104 valence electrons. The maximum atomic E-state index is 11.9. The van der Waals surface area contributed by atoms with E-state index in [9.17, 15) is 9.59 Å². The van der Waals surface area contributed by atoms with Gasteiger partial charge in [-0.3, -0.25) is 4.79 Å². The molecule has 1 aromatic carbocycles. The minimum atomic E-state index is -0.405. The molecule has 0 radical (unpaired) electrons. The second kappa shape index (κ2) is 7.84. The van der Waals surface area contributed by atoms with E-state index in [1.54, 1.807) is 26.0 Å². The number of carbonyl (C=O) groups excluding carboxylic acids is 2. The Labute approximate surface area is 117 Å². The van der Waals surface area contributed by atoms with Gasteiger partial charge < -0.3 is 9.47 Å². The topological polar surface area (TPSA) is 52.6 Å². The van der Waals surface area contributed by atoms with Gasteiger partial charge in [-0.2, -0.15) is 0 Å². The molecule has 4 nitrogen and oxygen atoms in total. The lowest BCUT2D eigenvalue weighted by Gasteiger charge is -2.10. The van der Waals surface area contributed by atoms with E-state index in [0.717, 1.165) is 4.90 Å². The lowest BCUT2D eigenvalue weighted by atomic mass is 10.0. The highest BCUT2D eigenvalue weighted by molar-refractivity contribution is 7.98. The van der Waals surface area contributed by atoms with Crippen molar-refractivity contribution in [3.8, 4) is 0 Å². The first-order valence-electron chi connectivity index (χ1n) is 6.12. The van der Waals surface area contributed by atoms with Crippen molar-refractivity contribution < 1.29 is 19.1 Å². The number of rotatable bonds is 6. The lowest BCUT2D eigenvalue weighted by Crippen LogP contribution is -2.13. The van der Waals surface area contributed by atoms with Crippen molar-refractivity contribution in [3.05, 3.63) is 29.3 Å². The number of hydrogen-bond donors (Lipinski definition) is 0. The molecule has 1 aromatic rings. The van der Waals surface area contributed by atoms with Gasteiger partial charge in [0.25, 0.3) is 0 Å². The van der Waals surface area contributed by atoms with Crippen molar-refractivity contribution >= 4 is 23.7 Å². The fourth-order valence-electron chi connectivity index (χ4n) is 1.60. The van der Waals surface area contributed by atoms with Gasteiger partial charge in [0.15, 0.2) is 0 Å². The number of thioether (sulfide) groups is 1. The molecule has 19 heavy (non-hydrogen) atoms. The van der Waals surface area contributed by atoms with E-state index < -0.39 is 5.97 Å². The summed E-state index contributed by atoms with van der Waals surface area (Å²) >= 11 is 1.53. The Bertz CT molecular complexity index is 457. The first kappa shape index (κ1) is 15.6. The predicted molar refractivity (Wildman–Crippen MR) is 74.5 cm³/mol. The highest BCUT2D eigenvalue weighted by Crippen LogP contribution is 2.21. The highest BCUT2D eigenvalue weighted by Gasteiger charge is 2.16. The van der Waals surface area contributed by atoms with Crippen molar-refractivity contribution in [3.63, 3.8) is 0 Å². The molecule has 0 unspecified atom stereocenters. The van der Waals surface area contributed by atoms with Gasteiger partial charge in [-0.05, 0) is 37.8 Å². The van der Waals surface area contributed by atoms with Crippen LogP contribution < -0.4 is 0 Å². The molecule has 0 bridgehead atoms. The Morgan fingerprint density at radius 3 is 2.42 bits per heavy atom. The minimum Gasteiger partial charge on any atom is -0.466 e. The van der Waals surface area contributed by atoms with E-state index in [2.05, 4.69) is 0 Å². The summed E-state index contributed by atoms with van der Waals surface area (Å²) in [6, 6.07) is 5.40. The average molecular weight is 282 g/mol. The number of esters is 2. The van der Waals surface area contributed by atoms with Crippen molar-refractivity contribution in [1.29, 1.82) is 0 Å². The van der Waals surface area contributed by atoms with Gasteiger partial charge in [0.2, 0.25) is 0 Å². The zero-order chi connectivity index (χ0) is 14.3. The number of benzene rings is 1. The van der Waals surface area contributed by atoms with E-state index in [4.69, 9.17) is 9.47 Å². The molecule has 0 fully saturated rings. The zero-order valence-electron chi connectivity index (χ0n) is 11.4. The van der Waals surface area contributed by atoms with Gasteiger partial charge in [0.1, 0.15) is 0 Å². The summed E-state index contributed by atoms with van der Waals surface area (Å²) in [5, 5.41) is 0. The first-order valence-corrected chi connectivity index (χ1v) is 7.34. The third kappa shape index (κ3) is 4.59. The fraction of sp³-hybridized carbons (Fsp3) is 0.429. The fourth-order valence-corrected chi connectivity index (χ4v) is 2.04. The molecular formula is C14H18O4S. The lowest BCUT2D eigenvalue weighted by molar-refractivity contribution is -0.142. The second-order valence-corrected chi connectivity index (χ2v) is 4.60. The molecule has 0 aliphatic rings. The van der Waals surface area contributed by atoms with E-state index in [1.165, 1.54) is 11.8 Å². The zero-order valence-corrected chi connectivity index (χ0v) is 12.2. The maximum Gasteiger partial charge on any atom is 0.338 e. The van der Waals surface area contributed by atoms with Crippen LogP contribution in [-0.4, -0.2) is 31.4 Å². The molecule has 0 aliphatic heterocycles. The van der Waals surface area contributed by atoms with Crippen LogP contribution >= 0.6 is 11.8 Å². The third-order valence-corrected chi connectivity index (χ3v) is 3.18. The van der Waals surface area contributed by atoms with Crippen LogP contribution in [0.1, 0.15) is 29.8 Å². The summed E-state index contributed by atoms with van der Waals surface area (Å²) in [7, 11) is 0. The predicted octanol–water partition coefficient (Wildman–Crippen LogP) is 2.69. The van der Waals surface area contributed by atoms with Gasteiger partial charge in [-0.15, -0.1) is 11.8 Å². The molecule has 0 spiro atoms. The Hall–Kier alpha value is -1.49. The summed E-state index contributed by atoms with van der Waals surface area (Å²) in [6.07, 6.45) is 2.01. The SMILES string of the molecule is CCOC(=O)Cc1ccc(SC)cc1C(=O)OCC. The third-order valence-electron chi connectivity index (χ3n) is 2.45. The largest absolute Gasteiger partial charge is 0.466 e. The van der Waals surface area contributed by atoms with Crippen molar-refractivity contribution in [1.82, 2.24) is 0 Å². The van der Waals surface area contributed by atoms with E-state index in [-0.39, 0.29) is 12.4 Å². The maximum absolute atomic E-state index is 11.9.